The highest BCUT2D eigenvalue weighted by Gasteiger charge is 2.09. The van der Waals surface area contributed by atoms with Crippen LogP contribution in [0.3, 0.4) is 0 Å². The lowest BCUT2D eigenvalue weighted by molar-refractivity contribution is 0.394. The van der Waals surface area contributed by atoms with Crippen LogP contribution in [0.15, 0.2) is 18.2 Å². The third-order valence-electron chi connectivity index (χ3n) is 2.62. The Morgan fingerprint density at radius 3 is 2.42 bits per heavy atom. The molecule has 2 N–H and O–H groups in total. The molecule has 0 saturated carbocycles. The fourth-order valence-electron chi connectivity index (χ4n) is 1.62. The fraction of sp³-hybridized carbons (Fsp3) is 0.417. The quantitative estimate of drug-likeness (QED) is 0.825. The summed E-state index contributed by atoms with van der Waals surface area (Å²) in [5.74, 6) is 1.91. The summed E-state index contributed by atoms with van der Waals surface area (Å²) in [6.07, 6.45) is 0.817. The number of benzene rings is 1. The van der Waals surface area contributed by atoms with Gasteiger partial charge in [0.05, 0.1) is 20.8 Å². The molecule has 7 heteroatoms. The summed E-state index contributed by atoms with van der Waals surface area (Å²) in [4.78, 5) is 1.54. The van der Waals surface area contributed by atoms with E-state index >= 15 is 0 Å². The predicted molar refractivity (Wildman–Crippen MR) is 70.0 cm³/mol. The van der Waals surface area contributed by atoms with Gasteiger partial charge in [-0.15, -0.1) is 10.2 Å². The molecule has 0 saturated heterocycles. The van der Waals surface area contributed by atoms with Crippen molar-refractivity contribution >= 4 is 0 Å². The first-order valence-electron chi connectivity index (χ1n) is 5.98. The third-order valence-corrected chi connectivity index (χ3v) is 2.62. The largest absolute Gasteiger partial charge is 0.497 e. The number of aromatic nitrogens is 4. The van der Waals surface area contributed by atoms with Gasteiger partial charge in [0.15, 0.2) is 0 Å². The molecular formula is C12H17N5O2. The van der Waals surface area contributed by atoms with Gasteiger partial charge >= 0.3 is 0 Å². The van der Waals surface area contributed by atoms with Gasteiger partial charge in [-0.3, -0.25) is 0 Å². The Bertz CT molecular complexity index is 518. The Morgan fingerprint density at radius 2 is 1.84 bits per heavy atom. The van der Waals surface area contributed by atoms with Crippen molar-refractivity contribution in [2.24, 2.45) is 5.73 Å². The number of nitrogens with zero attached hydrogens (tertiary/aromatic N) is 4. The summed E-state index contributed by atoms with van der Waals surface area (Å²) < 4.78 is 10.4. The molecule has 0 radical (unpaired) electrons. The van der Waals surface area contributed by atoms with E-state index in [-0.39, 0.29) is 0 Å². The van der Waals surface area contributed by atoms with Gasteiger partial charge in [0, 0.05) is 11.6 Å². The number of ether oxygens (including phenoxy) is 2. The minimum Gasteiger partial charge on any atom is -0.497 e. The maximum absolute atomic E-state index is 5.45. The normalized spacial score (nSPS) is 10.5. The number of hydrogen-bond acceptors (Lipinski definition) is 6. The molecule has 1 aromatic heterocycles. The predicted octanol–water partition coefficient (Wildman–Crippen LogP) is 0.706. The molecule has 0 spiro atoms. The number of aryl methyl sites for hydroxylation is 1. The number of rotatable bonds is 6. The van der Waals surface area contributed by atoms with E-state index in [2.05, 4.69) is 15.4 Å². The monoisotopic (exact) mass is 263 g/mol. The van der Waals surface area contributed by atoms with Crippen molar-refractivity contribution < 1.29 is 9.47 Å². The molecule has 2 aromatic rings. The highest BCUT2D eigenvalue weighted by molar-refractivity contribution is 5.60. The SMILES string of the molecule is COc1cc(OC)cc(-c2nnn(CCCN)n2)c1. The van der Waals surface area contributed by atoms with E-state index in [0.717, 1.165) is 12.0 Å². The van der Waals surface area contributed by atoms with Crippen LogP contribution in [-0.4, -0.2) is 41.0 Å². The Kier molecular flexibility index (Phi) is 4.30. The summed E-state index contributed by atoms with van der Waals surface area (Å²) in [7, 11) is 3.20. The van der Waals surface area contributed by atoms with Gasteiger partial charge in [0.1, 0.15) is 11.5 Å². The van der Waals surface area contributed by atoms with Crippen LogP contribution >= 0.6 is 0 Å². The smallest absolute Gasteiger partial charge is 0.205 e. The standard InChI is InChI=1S/C12H17N5O2/c1-18-10-6-9(7-11(8-10)19-2)12-14-16-17(15-12)5-3-4-13/h6-8H,3-5,13H2,1-2H3. The fourth-order valence-corrected chi connectivity index (χ4v) is 1.62. The van der Waals surface area contributed by atoms with E-state index in [0.29, 0.717) is 30.4 Å². The van der Waals surface area contributed by atoms with Crippen LogP contribution in [0.1, 0.15) is 6.42 Å². The van der Waals surface area contributed by atoms with E-state index in [9.17, 15) is 0 Å². The van der Waals surface area contributed by atoms with Crippen molar-refractivity contribution in [2.75, 3.05) is 20.8 Å². The van der Waals surface area contributed by atoms with Gasteiger partial charge in [0.25, 0.3) is 0 Å². The number of methoxy groups -OCH3 is 2. The molecule has 0 atom stereocenters. The van der Waals surface area contributed by atoms with Crippen molar-refractivity contribution in [1.82, 2.24) is 20.2 Å². The number of tetrazole rings is 1. The average Bonchev–Trinajstić information content (AvgIpc) is 2.93. The first-order valence-corrected chi connectivity index (χ1v) is 5.98. The zero-order valence-electron chi connectivity index (χ0n) is 11.0. The van der Waals surface area contributed by atoms with Crippen LogP contribution in [-0.2, 0) is 6.54 Å². The van der Waals surface area contributed by atoms with E-state index < -0.39 is 0 Å². The Morgan fingerprint density at radius 1 is 1.16 bits per heavy atom. The Labute approximate surface area is 111 Å². The molecule has 1 aromatic carbocycles. The van der Waals surface area contributed by atoms with E-state index in [1.807, 2.05) is 12.1 Å². The highest BCUT2D eigenvalue weighted by atomic mass is 16.5. The second-order valence-electron chi connectivity index (χ2n) is 3.95. The summed E-state index contributed by atoms with van der Waals surface area (Å²) in [5, 5.41) is 12.3. The maximum atomic E-state index is 5.45. The molecule has 7 nitrogen and oxygen atoms in total. The number of hydrogen-bond donors (Lipinski definition) is 1. The molecule has 2 rings (SSSR count). The van der Waals surface area contributed by atoms with Gasteiger partial charge < -0.3 is 15.2 Å². The van der Waals surface area contributed by atoms with Gasteiger partial charge in [-0.1, -0.05) is 0 Å². The second-order valence-corrected chi connectivity index (χ2v) is 3.95. The van der Waals surface area contributed by atoms with Crippen LogP contribution in [0.2, 0.25) is 0 Å². The number of nitrogens with two attached hydrogens (primary N) is 1. The minimum atomic E-state index is 0.536. The topological polar surface area (TPSA) is 88.1 Å². The van der Waals surface area contributed by atoms with Crippen LogP contribution in [0.4, 0.5) is 0 Å². The first-order chi connectivity index (χ1) is 9.26. The van der Waals surface area contributed by atoms with E-state index in [4.69, 9.17) is 15.2 Å². The zero-order chi connectivity index (χ0) is 13.7. The van der Waals surface area contributed by atoms with Crippen LogP contribution < -0.4 is 15.2 Å². The minimum absolute atomic E-state index is 0.536. The molecule has 0 aliphatic heterocycles. The van der Waals surface area contributed by atoms with Crippen molar-refractivity contribution in [2.45, 2.75) is 13.0 Å². The molecule has 0 amide bonds. The lowest BCUT2D eigenvalue weighted by Crippen LogP contribution is -2.08. The van der Waals surface area contributed by atoms with E-state index in [1.54, 1.807) is 20.3 Å². The lowest BCUT2D eigenvalue weighted by Gasteiger charge is -2.05. The summed E-state index contributed by atoms with van der Waals surface area (Å²) in [6.45, 7) is 1.26. The molecule has 0 unspecified atom stereocenters. The molecule has 0 aliphatic rings. The summed E-state index contributed by atoms with van der Waals surface area (Å²) >= 11 is 0. The zero-order valence-corrected chi connectivity index (χ0v) is 11.0. The van der Waals surface area contributed by atoms with Crippen LogP contribution in [0, 0.1) is 0 Å². The molecule has 0 fully saturated rings. The molecule has 19 heavy (non-hydrogen) atoms. The Balaban J connectivity index is 2.27. The van der Waals surface area contributed by atoms with Gasteiger partial charge in [-0.25, -0.2) is 0 Å². The van der Waals surface area contributed by atoms with Crippen molar-refractivity contribution in [3.8, 4) is 22.9 Å². The highest BCUT2D eigenvalue weighted by Crippen LogP contribution is 2.27. The third kappa shape index (κ3) is 3.19. The molecule has 0 bridgehead atoms. The molecular weight excluding hydrogens is 246 g/mol. The van der Waals surface area contributed by atoms with Crippen LogP contribution in [0.25, 0.3) is 11.4 Å². The van der Waals surface area contributed by atoms with Crippen molar-refractivity contribution in [3.63, 3.8) is 0 Å². The van der Waals surface area contributed by atoms with E-state index in [1.165, 1.54) is 4.80 Å². The first kappa shape index (κ1) is 13.3. The average molecular weight is 263 g/mol. The lowest BCUT2D eigenvalue weighted by atomic mass is 10.2. The molecule has 102 valence electrons. The molecule has 0 aliphatic carbocycles. The van der Waals surface area contributed by atoms with Gasteiger partial charge in [-0.05, 0) is 30.3 Å². The Hall–Kier alpha value is -2.15. The van der Waals surface area contributed by atoms with Gasteiger partial charge in [0.2, 0.25) is 5.82 Å². The molecule has 1 heterocycles. The van der Waals surface area contributed by atoms with Gasteiger partial charge in [-0.2, -0.15) is 4.80 Å². The van der Waals surface area contributed by atoms with Crippen LogP contribution in [0.5, 0.6) is 11.5 Å². The maximum Gasteiger partial charge on any atom is 0.205 e. The summed E-state index contributed by atoms with van der Waals surface area (Å²) in [6, 6.07) is 5.47. The summed E-state index contributed by atoms with van der Waals surface area (Å²) in [5.41, 5.74) is 6.25. The second kappa shape index (κ2) is 6.14. The van der Waals surface area contributed by atoms with Crippen molar-refractivity contribution in [3.05, 3.63) is 18.2 Å². The van der Waals surface area contributed by atoms with Crippen molar-refractivity contribution in [1.29, 1.82) is 0 Å².